The highest BCUT2D eigenvalue weighted by molar-refractivity contribution is 4.77. The van der Waals surface area contributed by atoms with Crippen LogP contribution in [0.15, 0.2) is 0 Å². The van der Waals surface area contributed by atoms with Crippen LogP contribution in [0.1, 0.15) is 67.2 Å². The molecule has 18 heavy (non-hydrogen) atoms. The molecule has 2 rings (SSSR count). The molecular formula is C16H36N2. The molecule has 2 fully saturated rings. The van der Waals surface area contributed by atoms with Gasteiger partial charge in [-0.15, -0.1) is 0 Å². The lowest BCUT2D eigenvalue weighted by Crippen LogP contribution is -2.41. The zero-order valence-corrected chi connectivity index (χ0v) is 13.6. The maximum absolute atomic E-state index is 3.51. The van der Waals surface area contributed by atoms with Crippen LogP contribution in [0.5, 0.6) is 0 Å². The van der Waals surface area contributed by atoms with E-state index < -0.39 is 0 Å². The van der Waals surface area contributed by atoms with Gasteiger partial charge in [0.2, 0.25) is 0 Å². The van der Waals surface area contributed by atoms with Gasteiger partial charge in [0.15, 0.2) is 0 Å². The molecule has 2 atom stereocenters. The summed E-state index contributed by atoms with van der Waals surface area (Å²) in [7, 11) is 0. The van der Waals surface area contributed by atoms with E-state index in [0.29, 0.717) is 0 Å². The highest BCUT2D eigenvalue weighted by Crippen LogP contribution is 2.18. The number of hydrogen-bond donors (Lipinski definition) is 2. The van der Waals surface area contributed by atoms with E-state index in [9.17, 15) is 0 Å². The summed E-state index contributed by atoms with van der Waals surface area (Å²) in [5.41, 5.74) is 0. The zero-order chi connectivity index (χ0) is 14.0. The first kappa shape index (κ1) is 17.9. The lowest BCUT2D eigenvalue weighted by molar-refractivity contribution is 0.279. The third-order valence-corrected chi connectivity index (χ3v) is 3.71. The topological polar surface area (TPSA) is 24.1 Å². The van der Waals surface area contributed by atoms with Gasteiger partial charge >= 0.3 is 0 Å². The Morgan fingerprint density at radius 3 is 1.44 bits per heavy atom. The molecule has 0 aliphatic carbocycles. The number of piperidine rings is 2. The Bertz CT molecular complexity index is 151. The van der Waals surface area contributed by atoms with Crippen molar-refractivity contribution in [3.63, 3.8) is 0 Å². The Balaban J connectivity index is 0.000000289. The molecule has 0 spiro atoms. The second kappa shape index (κ2) is 10.8. The minimum Gasteiger partial charge on any atom is -0.317 e. The summed E-state index contributed by atoms with van der Waals surface area (Å²) in [4.78, 5) is 0. The first-order valence-electron chi connectivity index (χ1n) is 8.04. The van der Waals surface area contributed by atoms with Crippen LogP contribution < -0.4 is 10.6 Å². The largest absolute Gasteiger partial charge is 0.317 e. The molecule has 0 aromatic rings. The Kier molecular flexibility index (Phi) is 10.8. The van der Waals surface area contributed by atoms with Crippen molar-refractivity contribution in [1.82, 2.24) is 10.6 Å². The van der Waals surface area contributed by atoms with Crippen LogP contribution in [0.4, 0.5) is 0 Å². The van der Waals surface area contributed by atoms with E-state index in [2.05, 4.69) is 38.3 Å². The predicted molar refractivity (Wildman–Crippen MR) is 83.1 cm³/mol. The van der Waals surface area contributed by atoms with Crippen LogP contribution in [0.2, 0.25) is 0 Å². The molecule has 2 aliphatic rings. The van der Waals surface area contributed by atoms with Crippen molar-refractivity contribution in [3.8, 4) is 0 Å². The van der Waals surface area contributed by atoms with Crippen molar-refractivity contribution in [2.75, 3.05) is 13.1 Å². The van der Waals surface area contributed by atoms with Crippen LogP contribution in [0.3, 0.4) is 0 Å². The molecule has 110 valence electrons. The van der Waals surface area contributed by atoms with Crippen molar-refractivity contribution in [2.45, 2.75) is 79.3 Å². The highest BCUT2D eigenvalue weighted by Gasteiger charge is 2.18. The average molecular weight is 256 g/mol. The molecule has 2 N–H and O–H groups in total. The smallest absolute Gasteiger partial charge is 0.00437 e. The van der Waals surface area contributed by atoms with E-state index in [0.717, 1.165) is 23.9 Å². The number of hydrogen-bond acceptors (Lipinski definition) is 2. The SMILES string of the molecule is CC.CC1CC(C)NC(C)C1.CC1CCNCC1. The molecule has 2 unspecified atom stereocenters. The molecule has 2 heteroatoms. The van der Waals surface area contributed by atoms with Crippen LogP contribution in [0.25, 0.3) is 0 Å². The lowest BCUT2D eigenvalue weighted by Gasteiger charge is -2.30. The van der Waals surface area contributed by atoms with Crippen molar-refractivity contribution < 1.29 is 0 Å². The summed E-state index contributed by atoms with van der Waals surface area (Å²) in [6, 6.07) is 1.48. The Hall–Kier alpha value is -0.0800. The van der Waals surface area contributed by atoms with E-state index in [1.54, 1.807) is 0 Å². The van der Waals surface area contributed by atoms with Gasteiger partial charge in [0, 0.05) is 12.1 Å². The highest BCUT2D eigenvalue weighted by atomic mass is 14.9. The van der Waals surface area contributed by atoms with Gasteiger partial charge in [-0.25, -0.2) is 0 Å². The average Bonchev–Trinajstić information content (AvgIpc) is 2.31. The minimum atomic E-state index is 0.740. The molecule has 0 bridgehead atoms. The summed E-state index contributed by atoms with van der Waals surface area (Å²) < 4.78 is 0. The molecule has 0 aromatic carbocycles. The van der Waals surface area contributed by atoms with E-state index in [1.165, 1.54) is 38.8 Å². The quantitative estimate of drug-likeness (QED) is 0.688. The van der Waals surface area contributed by atoms with Gasteiger partial charge in [-0.3, -0.25) is 0 Å². The maximum atomic E-state index is 3.51. The van der Waals surface area contributed by atoms with E-state index in [-0.39, 0.29) is 0 Å². The summed E-state index contributed by atoms with van der Waals surface area (Å²) >= 11 is 0. The lowest BCUT2D eigenvalue weighted by atomic mass is 9.91. The molecule has 2 aliphatic heterocycles. The Labute approximate surface area is 115 Å². The van der Waals surface area contributed by atoms with E-state index >= 15 is 0 Å². The fourth-order valence-corrected chi connectivity index (χ4v) is 2.89. The van der Waals surface area contributed by atoms with E-state index in [4.69, 9.17) is 0 Å². The summed E-state index contributed by atoms with van der Waals surface area (Å²) in [5, 5.41) is 6.82. The predicted octanol–water partition coefficient (Wildman–Crippen LogP) is 3.82. The van der Waals surface area contributed by atoms with Gasteiger partial charge < -0.3 is 10.6 Å². The van der Waals surface area contributed by atoms with Crippen molar-refractivity contribution >= 4 is 0 Å². The van der Waals surface area contributed by atoms with Gasteiger partial charge in [-0.05, 0) is 64.5 Å². The van der Waals surface area contributed by atoms with Gasteiger partial charge in [0.1, 0.15) is 0 Å². The fraction of sp³-hybridized carbons (Fsp3) is 1.00. The first-order valence-corrected chi connectivity index (χ1v) is 8.04. The second-order valence-electron chi connectivity index (χ2n) is 5.98. The normalized spacial score (nSPS) is 32.7. The van der Waals surface area contributed by atoms with Gasteiger partial charge in [0.05, 0.1) is 0 Å². The Morgan fingerprint density at radius 1 is 0.722 bits per heavy atom. The second-order valence-corrected chi connectivity index (χ2v) is 5.98. The number of rotatable bonds is 0. The molecule has 2 nitrogen and oxygen atoms in total. The molecular weight excluding hydrogens is 220 g/mol. The monoisotopic (exact) mass is 256 g/mol. The van der Waals surface area contributed by atoms with E-state index in [1.807, 2.05) is 13.8 Å². The minimum absolute atomic E-state index is 0.740. The standard InChI is InChI=1S/C8H17N.C6H13N.C2H6/c1-6-4-7(2)9-8(3)5-6;1-6-2-4-7-5-3-6;1-2/h6-9H,4-5H2,1-3H3;6-7H,2-5H2,1H3;1-2H3. The fourth-order valence-electron chi connectivity index (χ4n) is 2.89. The summed E-state index contributed by atoms with van der Waals surface area (Å²) in [5.74, 6) is 1.90. The number of nitrogens with one attached hydrogen (secondary N) is 2. The molecule has 2 saturated heterocycles. The molecule has 0 saturated carbocycles. The van der Waals surface area contributed by atoms with Crippen molar-refractivity contribution in [2.24, 2.45) is 11.8 Å². The zero-order valence-electron chi connectivity index (χ0n) is 13.6. The van der Waals surface area contributed by atoms with Crippen LogP contribution in [-0.4, -0.2) is 25.2 Å². The first-order chi connectivity index (χ1) is 8.58. The van der Waals surface area contributed by atoms with Crippen LogP contribution in [-0.2, 0) is 0 Å². The van der Waals surface area contributed by atoms with Crippen molar-refractivity contribution in [1.29, 1.82) is 0 Å². The van der Waals surface area contributed by atoms with Gasteiger partial charge in [0.25, 0.3) is 0 Å². The van der Waals surface area contributed by atoms with Crippen molar-refractivity contribution in [3.05, 3.63) is 0 Å². The van der Waals surface area contributed by atoms with Crippen LogP contribution in [0, 0.1) is 11.8 Å². The molecule has 2 heterocycles. The molecule has 0 amide bonds. The third kappa shape index (κ3) is 8.93. The summed E-state index contributed by atoms with van der Waals surface area (Å²) in [6.07, 6.45) is 5.45. The third-order valence-electron chi connectivity index (χ3n) is 3.71. The molecule has 0 radical (unpaired) electrons. The Morgan fingerprint density at radius 2 is 1.17 bits per heavy atom. The van der Waals surface area contributed by atoms with Gasteiger partial charge in [-0.2, -0.15) is 0 Å². The molecule has 0 aromatic heterocycles. The van der Waals surface area contributed by atoms with Gasteiger partial charge in [-0.1, -0.05) is 27.7 Å². The summed E-state index contributed by atoms with van der Waals surface area (Å²) in [6.45, 7) is 15.7. The van der Waals surface area contributed by atoms with Crippen LogP contribution >= 0.6 is 0 Å². The maximum Gasteiger partial charge on any atom is 0.00437 e.